The first kappa shape index (κ1) is 13.4. The molecule has 0 amide bonds. The summed E-state index contributed by atoms with van der Waals surface area (Å²) >= 11 is 0. The summed E-state index contributed by atoms with van der Waals surface area (Å²) in [6, 6.07) is 1.48. The number of nitrogens with one attached hydrogen (secondary N) is 1. The summed E-state index contributed by atoms with van der Waals surface area (Å²) in [7, 11) is 1.85. The van der Waals surface area contributed by atoms with E-state index in [0.717, 1.165) is 12.1 Å². The third-order valence-corrected chi connectivity index (χ3v) is 4.95. The molecule has 2 heteroatoms. The van der Waals surface area contributed by atoms with Gasteiger partial charge in [-0.05, 0) is 43.9 Å². The van der Waals surface area contributed by atoms with E-state index in [4.69, 9.17) is 4.74 Å². The van der Waals surface area contributed by atoms with E-state index < -0.39 is 0 Å². The first-order valence-electron chi connectivity index (χ1n) is 7.40. The van der Waals surface area contributed by atoms with Gasteiger partial charge in [0, 0.05) is 19.2 Å². The predicted molar refractivity (Wildman–Crippen MR) is 72.2 cm³/mol. The maximum Gasteiger partial charge on any atom is 0.0572 e. The van der Waals surface area contributed by atoms with Crippen molar-refractivity contribution in [3.8, 4) is 0 Å². The van der Waals surface area contributed by atoms with Crippen LogP contribution >= 0.6 is 0 Å². The Morgan fingerprint density at radius 2 is 1.71 bits per heavy atom. The normalized spacial score (nSPS) is 37.9. The van der Waals surface area contributed by atoms with E-state index in [-0.39, 0.29) is 0 Å². The van der Waals surface area contributed by atoms with E-state index in [2.05, 4.69) is 19.2 Å². The van der Waals surface area contributed by atoms with Crippen molar-refractivity contribution in [1.29, 1.82) is 0 Å². The fraction of sp³-hybridized carbons (Fsp3) is 1.00. The maximum atomic E-state index is 5.44. The van der Waals surface area contributed by atoms with Crippen LogP contribution in [0.25, 0.3) is 0 Å². The monoisotopic (exact) mass is 239 g/mol. The molecule has 1 N–H and O–H groups in total. The smallest absolute Gasteiger partial charge is 0.0572 e. The van der Waals surface area contributed by atoms with Gasteiger partial charge in [-0.3, -0.25) is 0 Å². The van der Waals surface area contributed by atoms with Gasteiger partial charge in [0.1, 0.15) is 0 Å². The molecule has 0 bridgehead atoms. The fourth-order valence-electron chi connectivity index (χ4n) is 3.55. The van der Waals surface area contributed by atoms with Gasteiger partial charge in [-0.1, -0.05) is 26.7 Å². The van der Waals surface area contributed by atoms with Gasteiger partial charge in [-0.2, -0.15) is 0 Å². The lowest BCUT2D eigenvalue weighted by Crippen LogP contribution is -2.49. The topological polar surface area (TPSA) is 21.3 Å². The van der Waals surface area contributed by atoms with Gasteiger partial charge < -0.3 is 10.1 Å². The van der Waals surface area contributed by atoms with Gasteiger partial charge in [0.05, 0.1) is 6.10 Å². The van der Waals surface area contributed by atoms with E-state index in [1.165, 1.54) is 51.4 Å². The lowest BCUT2D eigenvalue weighted by molar-refractivity contribution is 0.0548. The Morgan fingerprint density at radius 1 is 1.00 bits per heavy atom. The molecule has 2 aliphatic carbocycles. The summed E-state index contributed by atoms with van der Waals surface area (Å²) in [6.07, 6.45) is 11.2. The van der Waals surface area contributed by atoms with Crippen molar-refractivity contribution in [3.05, 3.63) is 0 Å². The Balaban J connectivity index is 1.80. The predicted octanol–water partition coefficient (Wildman–Crippen LogP) is 3.50. The maximum absolute atomic E-state index is 5.44. The summed E-state index contributed by atoms with van der Waals surface area (Å²) in [5, 5.41) is 3.94. The number of ether oxygens (including phenoxy) is 1. The van der Waals surface area contributed by atoms with Crippen LogP contribution in [0.1, 0.15) is 65.2 Å². The van der Waals surface area contributed by atoms with Gasteiger partial charge in [0.2, 0.25) is 0 Å². The zero-order chi connectivity index (χ0) is 12.3. The second-order valence-corrected chi connectivity index (χ2v) is 6.66. The molecule has 100 valence electrons. The van der Waals surface area contributed by atoms with Gasteiger partial charge in [0.15, 0.2) is 0 Å². The van der Waals surface area contributed by atoms with Crippen molar-refractivity contribution in [1.82, 2.24) is 5.32 Å². The van der Waals surface area contributed by atoms with E-state index in [0.29, 0.717) is 11.5 Å². The Kier molecular flexibility index (Phi) is 4.48. The molecule has 0 aromatic heterocycles. The first-order valence-corrected chi connectivity index (χ1v) is 7.40. The van der Waals surface area contributed by atoms with Crippen LogP contribution in [0.3, 0.4) is 0 Å². The number of rotatable bonds is 3. The SMILES string of the molecule is COC1CCC(NC2CCCCC2(C)C)CC1. The lowest BCUT2D eigenvalue weighted by Gasteiger charge is -2.42. The average molecular weight is 239 g/mol. The zero-order valence-corrected chi connectivity index (χ0v) is 11.8. The third-order valence-electron chi connectivity index (χ3n) is 4.95. The molecule has 0 heterocycles. The highest BCUT2D eigenvalue weighted by Gasteiger charge is 2.34. The van der Waals surface area contributed by atoms with Crippen LogP contribution in [0.2, 0.25) is 0 Å². The molecule has 2 aliphatic rings. The second kappa shape index (κ2) is 5.71. The van der Waals surface area contributed by atoms with Crippen LogP contribution in [-0.4, -0.2) is 25.3 Å². The van der Waals surface area contributed by atoms with Crippen LogP contribution in [0.15, 0.2) is 0 Å². The second-order valence-electron chi connectivity index (χ2n) is 6.66. The first-order chi connectivity index (χ1) is 8.12. The van der Waals surface area contributed by atoms with Crippen molar-refractivity contribution in [2.45, 2.75) is 83.4 Å². The fourth-order valence-corrected chi connectivity index (χ4v) is 3.55. The molecule has 2 nitrogen and oxygen atoms in total. The van der Waals surface area contributed by atoms with Crippen LogP contribution in [0, 0.1) is 5.41 Å². The molecule has 0 aromatic rings. The highest BCUT2D eigenvalue weighted by Crippen LogP contribution is 2.36. The molecule has 17 heavy (non-hydrogen) atoms. The van der Waals surface area contributed by atoms with Crippen molar-refractivity contribution >= 4 is 0 Å². The molecule has 1 unspecified atom stereocenters. The summed E-state index contributed by atoms with van der Waals surface area (Å²) in [4.78, 5) is 0. The number of hydrogen-bond acceptors (Lipinski definition) is 2. The molecule has 0 radical (unpaired) electrons. The van der Waals surface area contributed by atoms with E-state index in [9.17, 15) is 0 Å². The van der Waals surface area contributed by atoms with Gasteiger partial charge in [-0.15, -0.1) is 0 Å². The summed E-state index contributed by atoms with van der Waals surface area (Å²) in [5.74, 6) is 0. The van der Waals surface area contributed by atoms with Crippen molar-refractivity contribution in [3.63, 3.8) is 0 Å². The molecule has 0 saturated heterocycles. The largest absolute Gasteiger partial charge is 0.381 e. The quantitative estimate of drug-likeness (QED) is 0.814. The Bertz CT molecular complexity index is 231. The minimum Gasteiger partial charge on any atom is -0.381 e. The molecule has 2 saturated carbocycles. The van der Waals surface area contributed by atoms with E-state index in [1.54, 1.807) is 0 Å². The summed E-state index contributed by atoms with van der Waals surface area (Å²) in [5.41, 5.74) is 0.496. The van der Waals surface area contributed by atoms with Gasteiger partial charge >= 0.3 is 0 Å². The van der Waals surface area contributed by atoms with Crippen LogP contribution in [-0.2, 0) is 4.74 Å². The molecule has 0 aromatic carbocycles. The number of hydrogen-bond donors (Lipinski definition) is 1. The minimum absolute atomic E-state index is 0.496. The third kappa shape index (κ3) is 3.45. The van der Waals surface area contributed by atoms with E-state index >= 15 is 0 Å². The average Bonchev–Trinajstić information content (AvgIpc) is 2.33. The van der Waals surface area contributed by atoms with Crippen LogP contribution in [0.4, 0.5) is 0 Å². The molecule has 0 aliphatic heterocycles. The van der Waals surface area contributed by atoms with Crippen LogP contribution in [0.5, 0.6) is 0 Å². The standard InChI is InChI=1S/C15H29NO/c1-15(2)11-5-4-6-14(15)16-12-7-9-13(17-3)10-8-12/h12-14,16H,4-11H2,1-3H3. The number of methoxy groups -OCH3 is 1. The van der Waals surface area contributed by atoms with Gasteiger partial charge in [-0.25, -0.2) is 0 Å². The molecule has 1 atom stereocenters. The minimum atomic E-state index is 0.496. The summed E-state index contributed by atoms with van der Waals surface area (Å²) in [6.45, 7) is 4.87. The molecule has 2 fully saturated rings. The van der Waals surface area contributed by atoms with Crippen molar-refractivity contribution < 1.29 is 4.74 Å². The van der Waals surface area contributed by atoms with E-state index in [1.807, 2.05) is 7.11 Å². The van der Waals surface area contributed by atoms with Crippen molar-refractivity contribution in [2.75, 3.05) is 7.11 Å². The molecule has 0 spiro atoms. The lowest BCUT2D eigenvalue weighted by atomic mass is 9.72. The van der Waals surface area contributed by atoms with Crippen LogP contribution < -0.4 is 5.32 Å². The molecular formula is C15H29NO. The Hall–Kier alpha value is -0.0800. The highest BCUT2D eigenvalue weighted by molar-refractivity contribution is 4.91. The zero-order valence-electron chi connectivity index (χ0n) is 11.8. The molecular weight excluding hydrogens is 210 g/mol. The Labute approximate surface area is 107 Å². The highest BCUT2D eigenvalue weighted by atomic mass is 16.5. The van der Waals surface area contributed by atoms with Gasteiger partial charge in [0.25, 0.3) is 0 Å². The van der Waals surface area contributed by atoms with Crippen molar-refractivity contribution in [2.24, 2.45) is 5.41 Å². The Morgan fingerprint density at radius 3 is 2.29 bits per heavy atom. The molecule has 2 rings (SSSR count). The summed E-state index contributed by atoms with van der Waals surface area (Å²) < 4.78 is 5.44.